The zero-order valence-corrected chi connectivity index (χ0v) is 13.3. The van der Waals surface area contributed by atoms with Gasteiger partial charge in [0, 0.05) is 10.2 Å². The molecule has 0 aliphatic carbocycles. The van der Waals surface area contributed by atoms with Gasteiger partial charge in [0.2, 0.25) is 0 Å². The molecule has 0 aromatic heterocycles. The molecule has 0 spiro atoms. The van der Waals surface area contributed by atoms with Gasteiger partial charge in [-0.05, 0) is 52.7 Å². The van der Waals surface area contributed by atoms with Crippen molar-refractivity contribution in [3.05, 3.63) is 64.4 Å². The number of ether oxygens (including phenoxy) is 1. The fourth-order valence-electron chi connectivity index (χ4n) is 2.08. The van der Waals surface area contributed by atoms with Gasteiger partial charge in [0.15, 0.2) is 5.54 Å². The fraction of sp³-hybridized carbons (Fsp3) is 0.188. The minimum absolute atomic E-state index is 0.406. The van der Waals surface area contributed by atoms with Gasteiger partial charge in [-0.25, -0.2) is 9.18 Å². The van der Waals surface area contributed by atoms with Crippen molar-refractivity contribution in [2.75, 3.05) is 12.4 Å². The Labute approximate surface area is 131 Å². The quantitative estimate of drug-likeness (QED) is 0.843. The predicted molar refractivity (Wildman–Crippen MR) is 83.5 cm³/mol. The molecule has 0 radical (unpaired) electrons. The molecule has 21 heavy (non-hydrogen) atoms. The normalized spacial score (nSPS) is 13.3. The Morgan fingerprint density at radius 1 is 1.24 bits per heavy atom. The lowest BCUT2D eigenvalue weighted by Gasteiger charge is -2.30. The summed E-state index contributed by atoms with van der Waals surface area (Å²) in [6.07, 6.45) is 0. The van der Waals surface area contributed by atoms with Crippen LogP contribution in [-0.4, -0.2) is 13.1 Å². The minimum Gasteiger partial charge on any atom is -0.467 e. The highest BCUT2D eigenvalue weighted by atomic mass is 79.9. The number of esters is 1. The molecule has 110 valence electrons. The Morgan fingerprint density at radius 2 is 1.95 bits per heavy atom. The number of methoxy groups -OCH3 is 1. The second-order valence-corrected chi connectivity index (χ2v) is 5.59. The van der Waals surface area contributed by atoms with Crippen LogP contribution < -0.4 is 5.32 Å². The van der Waals surface area contributed by atoms with Gasteiger partial charge in [-0.2, -0.15) is 0 Å². The zero-order chi connectivity index (χ0) is 15.5. The highest BCUT2D eigenvalue weighted by Gasteiger charge is 2.37. The maximum absolute atomic E-state index is 13.5. The SMILES string of the molecule is COC(=O)C(C)(Nc1ccccc1Br)c1cccc(F)c1. The molecule has 0 heterocycles. The second kappa shape index (κ2) is 6.26. The summed E-state index contributed by atoms with van der Waals surface area (Å²) in [5, 5.41) is 3.13. The van der Waals surface area contributed by atoms with Crippen molar-refractivity contribution in [3.8, 4) is 0 Å². The number of rotatable bonds is 4. The summed E-state index contributed by atoms with van der Waals surface area (Å²) in [5.74, 6) is -0.902. The average Bonchev–Trinajstić information content (AvgIpc) is 2.48. The summed E-state index contributed by atoms with van der Waals surface area (Å²) in [6, 6.07) is 13.3. The van der Waals surface area contributed by atoms with Gasteiger partial charge in [-0.3, -0.25) is 0 Å². The first-order valence-corrected chi connectivity index (χ1v) is 7.14. The van der Waals surface area contributed by atoms with Crippen LogP contribution in [0, 0.1) is 5.82 Å². The topological polar surface area (TPSA) is 38.3 Å². The molecule has 2 rings (SSSR count). The Hall–Kier alpha value is -1.88. The largest absolute Gasteiger partial charge is 0.467 e. The predicted octanol–water partition coefficient (Wildman–Crippen LogP) is 4.09. The maximum Gasteiger partial charge on any atom is 0.335 e. The highest BCUT2D eigenvalue weighted by Crippen LogP contribution is 2.31. The molecule has 1 unspecified atom stereocenters. The monoisotopic (exact) mass is 351 g/mol. The summed E-state index contributed by atoms with van der Waals surface area (Å²) in [7, 11) is 1.31. The lowest BCUT2D eigenvalue weighted by molar-refractivity contribution is -0.145. The van der Waals surface area contributed by atoms with Gasteiger partial charge in [0.05, 0.1) is 7.11 Å². The van der Waals surface area contributed by atoms with Gasteiger partial charge < -0.3 is 10.1 Å². The maximum atomic E-state index is 13.5. The van der Waals surface area contributed by atoms with E-state index in [1.165, 1.54) is 19.2 Å². The summed E-state index contributed by atoms with van der Waals surface area (Å²) >= 11 is 3.42. The molecule has 0 fully saturated rings. The number of nitrogens with one attached hydrogen (secondary N) is 1. The van der Waals surface area contributed by atoms with Crippen LogP contribution in [0.25, 0.3) is 0 Å². The number of hydrogen-bond donors (Lipinski definition) is 1. The average molecular weight is 352 g/mol. The van der Waals surface area contributed by atoms with Crippen molar-refractivity contribution in [1.82, 2.24) is 0 Å². The Balaban J connectivity index is 2.48. The number of benzene rings is 2. The summed E-state index contributed by atoms with van der Waals surface area (Å²) in [4.78, 5) is 12.2. The van der Waals surface area contributed by atoms with E-state index < -0.39 is 17.3 Å². The number of carbonyl (C=O) groups is 1. The molecule has 0 saturated carbocycles. The molecular formula is C16H15BrFNO2. The first kappa shape index (κ1) is 15.5. The van der Waals surface area contributed by atoms with Gasteiger partial charge >= 0.3 is 5.97 Å². The van der Waals surface area contributed by atoms with E-state index in [0.717, 1.165) is 10.2 Å². The van der Waals surface area contributed by atoms with Gasteiger partial charge in [-0.15, -0.1) is 0 Å². The Kier molecular flexibility index (Phi) is 4.63. The molecule has 0 amide bonds. The second-order valence-electron chi connectivity index (χ2n) is 4.73. The van der Waals surface area contributed by atoms with Crippen molar-refractivity contribution in [2.45, 2.75) is 12.5 Å². The summed E-state index contributed by atoms with van der Waals surface area (Å²) in [5.41, 5.74) is 0.0144. The number of para-hydroxylation sites is 1. The van der Waals surface area contributed by atoms with Crippen LogP contribution in [0.15, 0.2) is 53.0 Å². The highest BCUT2D eigenvalue weighted by molar-refractivity contribution is 9.10. The van der Waals surface area contributed by atoms with E-state index in [0.29, 0.717) is 5.56 Å². The molecular weight excluding hydrogens is 337 g/mol. The van der Waals surface area contributed by atoms with E-state index in [-0.39, 0.29) is 0 Å². The summed E-state index contributed by atoms with van der Waals surface area (Å²) < 4.78 is 19.2. The van der Waals surface area contributed by atoms with Crippen LogP contribution >= 0.6 is 15.9 Å². The van der Waals surface area contributed by atoms with Gasteiger partial charge in [0.1, 0.15) is 5.82 Å². The molecule has 3 nitrogen and oxygen atoms in total. The van der Waals surface area contributed by atoms with E-state index in [1.54, 1.807) is 19.1 Å². The Morgan fingerprint density at radius 3 is 2.57 bits per heavy atom. The lowest BCUT2D eigenvalue weighted by Crippen LogP contribution is -2.41. The van der Waals surface area contributed by atoms with Crippen LogP contribution in [0.2, 0.25) is 0 Å². The molecule has 5 heteroatoms. The van der Waals surface area contributed by atoms with Crippen LogP contribution in [0.5, 0.6) is 0 Å². The molecule has 2 aromatic rings. The molecule has 1 atom stereocenters. The molecule has 2 aromatic carbocycles. The van der Waals surface area contributed by atoms with E-state index in [1.807, 2.05) is 24.3 Å². The third-order valence-corrected chi connectivity index (χ3v) is 3.95. The number of carbonyl (C=O) groups excluding carboxylic acids is 1. The molecule has 0 saturated heterocycles. The number of hydrogen-bond acceptors (Lipinski definition) is 3. The fourth-order valence-corrected chi connectivity index (χ4v) is 2.46. The number of halogens is 2. The van der Waals surface area contributed by atoms with Crippen molar-refractivity contribution in [2.24, 2.45) is 0 Å². The third-order valence-electron chi connectivity index (χ3n) is 3.25. The third kappa shape index (κ3) is 3.24. The summed E-state index contributed by atoms with van der Waals surface area (Å²) in [6.45, 7) is 1.66. The molecule has 0 aliphatic rings. The van der Waals surface area contributed by atoms with Crippen molar-refractivity contribution in [1.29, 1.82) is 0 Å². The zero-order valence-electron chi connectivity index (χ0n) is 11.7. The molecule has 0 aliphatic heterocycles. The molecule has 1 N–H and O–H groups in total. The first-order valence-electron chi connectivity index (χ1n) is 6.34. The van der Waals surface area contributed by atoms with Crippen LogP contribution in [-0.2, 0) is 15.1 Å². The van der Waals surface area contributed by atoms with E-state index in [4.69, 9.17) is 4.74 Å². The van der Waals surface area contributed by atoms with Crippen molar-refractivity contribution in [3.63, 3.8) is 0 Å². The minimum atomic E-state index is -1.19. The van der Waals surface area contributed by atoms with Crippen LogP contribution in [0.3, 0.4) is 0 Å². The van der Waals surface area contributed by atoms with Crippen molar-refractivity contribution >= 4 is 27.6 Å². The van der Waals surface area contributed by atoms with Crippen LogP contribution in [0.4, 0.5) is 10.1 Å². The number of anilines is 1. The lowest BCUT2D eigenvalue weighted by atomic mass is 9.91. The first-order chi connectivity index (χ1) is 9.97. The van der Waals surface area contributed by atoms with Crippen LogP contribution in [0.1, 0.15) is 12.5 Å². The van der Waals surface area contributed by atoms with Crippen molar-refractivity contribution < 1.29 is 13.9 Å². The standard InChI is InChI=1S/C16H15BrFNO2/c1-16(15(20)21-2,11-6-5-7-12(18)10-11)19-14-9-4-3-8-13(14)17/h3-10,19H,1-2H3. The van der Waals surface area contributed by atoms with E-state index in [9.17, 15) is 9.18 Å². The van der Waals surface area contributed by atoms with E-state index in [2.05, 4.69) is 21.2 Å². The van der Waals surface area contributed by atoms with Gasteiger partial charge in [-0.1, -0.05) is 24.3 Å². The van der Waals surface area contributed by atoms with E-state index >= 15 is 0 Å². The van der Waals surface area contributed by atoms with Gasteiger partial charge in [0.25, 0.3) is 0 Å². The Bertz CT molecular complexity index is 662. The smallest absolute Gasteiger partial charge is 0.335 e. The molecule has 0 bridgehead atoms.